The predicted molar refractivity (Wildman–Crippen MR) is 83.2 cm³/mol. The zero-order chi connectivity index (χ0) is 15.9. The van der Waals surface area contributed by atoms with Gasteiger partial charge in [-0.05, 0) is 17.7 Å². The maximum absolute atomic E-state index is 9.77. The van der Waals surface area contributed by atoms with Crippen LogP contribution in [0.15, 0.2) is 67.8 Å². The van der Waals surface area contributed by atoms with Gasteiger partial charge in [-0.1, -0.05) is 42.5 Å². The number of ether oxygens (including phenoxy) is 1. The van der Waals surface area contributed by atoms with Gasteiger partial charge in [0.25, 0.3) is 6.47 Å². The van der Waals surface area contributed by atoms with Gasteiger partial charge in [0.1, 0.15) is 0 Å². The second kappa shape index (κ2) is 12.3. The molecule has 0 saturated carbocycles. The third-order valence-electron chi connectivity index (χ3n) is 2.30. The second-order valence-corrected chi connectivity index (χ2v) is 3.69. The monoisotopic (exact) mass is 288 g/mol. The van der Waals surface area contributed by atoms with Crippen LogP contribution in [0.2, 0.25) is 0 Å². The quantitative estimate of drug-likeness (QED) is 0.392. The molecule has 0 unspecified atom stereocenters. The number of hydrogen-bond donors (Lipinski definition) is 2. The van der Waals surface area contributed by atoms with Crippen molar-refractivity contribution < 1.29 is 19.7 Å². The molecule has 4 nitrogen and oxygen atoms in total. The Bertz CT molecular complexity index is 476. The molecule has 0 heterocycles. The van der Waals surface area contributed by atoms with E-state index in [0.29, 0.717) is 13.1 Å². The van der Waals surface area contributed by atoms with E-state index in [0.717, 1.165) is 6.42 Å². The Balaban J connectivity index is 0.000000354. The molecule has 2 rings (SSSR count). The van der Waals surface area contributed by atoms with E-state index in [1.807, 2.05) is 30.3 Å². The smallest absolute Gasteiger partial charge is 0.293 e. The zero-order valence-corrected chi connectivity index (χ0v) is 11.8. The van der Waals surface area contributed by atoms with Crippen LogP contribution in [0.3, 0.4) is 0 Å². The standard InChI is InChI=1S/C9H10O2.C6H6O2.C2H4/c10-8-11-7-6-9-4-2-1-3-5-9;7-5-3-1-2-4-6(5)8;1-2/h1-5,8H,6-7H2;1-4,7-8H;1-2H2. The number of carbonyl (C=O) groups excluding carboxylic acids is 1. The van der Waals surface area contributed by atoms with Crippen LogP contribution in [-0.2, 0) is 16.0 Å². The molecule has 2 N–H and O–H groups in total. The average molecular weight is 288 g/mol. The third kappa shape index (κ3) is 8.88. The Hall–Kier alpha value is -2.75. The number of hydrogen-bond acceptors (Lipinski definition) is 4. The molecule has 0 aromatic heterocycles. The van der Waals surface area contributed by atoms with Crippen molar-refractivity contribution in [3.05, 3.63) is 73.3 Å². The highest BCUT2D eigenvalue weighted by atomic mass is 16.5. The first-order valence-electron chi connectivity index (χ1n) is 6.30. The van der Waals surface area contributed by atoms with E-state index in [4.69, 9.17) is 10.2 Å². The van der Waals surface area contributed by atoms with E-state index < -0.39 is 0 Å². The van der Waals surface area contributed by atoms with Crippen molar-refractivity contribution in [2.24, 2.45) is 0 Å². The molecule has 0 aliphatic rings. The maximum atomic E-state index is 9.77. The fourth-order valence-corrected chi connectivity index (χ4v) is 1.33. The maximum Gasteiger partial charge on any atom is 0.293 e. The summed E-state index contributed by atoms with van der Waals surface area (Å²) in [6, 6.07) is 16.1. The lowest BCUT2D eigenvalue weighted by Gasteiger charge is -1.97. The molecule has 4 heteroatoms. The van der Waals surface area contributed by atoms with Crippen molar-refractivity contribution in [2.75, 3.05) is 6.61 Å². The molecular weight excluding hydrogens is 268 g/mol. The molecule has 112 valence electrons. The van der Waals surface area contributed by atoms with Gasteiger partial charge in [0.15, 0.2) is 11.5 Å². The highest BCUT2D eigenvalue weighted by Crippen LogP contribution is 2.21. The molecule has 0 bridgehead atoms. The normalized spacial score (nSPS) is 8.38. The van der Waals surface area contributed by atoms with E-state index in [2.05, 4.69) is 17.9 Å². The fraction of sp³-hybridized carbons (Fsp3) is 0.118. The van der Waals surface area contributed by atoms with Crippen LogP contribution in [0.5, 0.6) is 11.5 Å². The van der Waals surface area contributed by atoms with E-state index in [1.165, 1.54) is 17.7 Å². The molecule has 0 atom stereocenters. The summed E-state index contributed by atoms with van der Waals surface area (Å²) < 4.78 is 4.56. The Kier molecular flexibility index (Phi) is 10.7. The molecule has 0 amide bonds. The van der Waals surface area contributed by atoms with Gasteiger partial charge in [-0.25, -0.2) is 0 Å². The van der Waals surface area contributed by atoms with Crippen LogP contribution in [0.25, 0.3) is 0 Å². The van der Waals surface area contributed by atoms with Crippen LogP contribution in [-0.4, -0.2) is 23.3 Å². The van der Waals surface area contributed by atoms with Crippen LogP contribution in [0.4, 0.5) is 0 Å². The number of phenolic OH excluding ortho intramolecular Hbond substituents is 2. The van der Waals surface area contributed by atoms with Gasteiger partial charge in [0.05, 0.1) is 6.61 Å². The number of phenols is 2. The molecule has 21 heavy (non-hydrogen) atoms. The highest BCUT2D eigenvalue weighted by Gasteiger charge is 1.90. The lowest BCUT2D eigenvalue weighted by Crippen LogP contribution is -1.95. The van der Waals surface area contributed by atoms with Gasteiger partial charge >= 0.3 is 0 Å². The summed E-state index contributed by atoms with van der Waals surface area (Å²) >= 11 is 0. The summed E-state index contributed by atoms with van der Waals surface area (Å²) in [5, 5.41) is 17.3. The van der Waals surface area contributed by atoms with Crippen LogP contribution in [0.1, 0.15) is 5.56 Å². The van der Waals surface area contributed by atoms with Crippen molar-refractivity contribution in [2.45, 2.75) is 6.42 Å². The number of rotatable bonds is 4. The fourth-order valence-electron chi connectivity index (χ4n) is 1.33. The van der Waals surface area contributed by atoms with E-state index in [-0.39, 0.29) is 11.5 Å². The van der Waals surface area contributed by atoms with Gasteiger partial charge in [-0.3, -0.25) is 4.79 Å². The van der Waals surface area contributed by atoms with Crippen molar-refractivity contribution in [3.8, 4) is 11.5 Å². The first-order valence-corrected chi connectivity index (χ1v) is 6.30. The highest BCUT2D eigenvalue weighted by molar-refractivity contribution is 5.37. The van der Waals surface area contributed by atoms with Crippen molar-refractivity contribution in [1.29, 1.82) is 0 Å². The molecular formula is C17H20O4. The third-order valence-corrected chi connectivity index (χ3v) is 2.30. The Morgan fingerprint density at radius 2 is 1.38 bits per heavy atom. The Morgan fingerprint density at radius 3 is 1.81 bits per heavy atom. The molecule has 0 aliphatic carbocycles. The number of aromatic hydroxyl groups is 2. The van der Waals surface area contributed by atoms with Gasteiger partial charge in [0.2, 0.25) is 0 Å². The second-order valence-electron chi connectivity index (χ2n) is 3.69. The van der Waals surface area contributed by atoms with Crippen molar-refractivity contribution in [1.82, 2.24) is 0 Å². The summed E-state index contributed by atoms with van der Waals surface area (Å²) in [6.45, 7) is 6.94. The minimum Gasteiger partial charge on any atom is -0.504 e. The van der Waals surface area contributed by atoms with Gasteiger partial charge < -0.3 is 14.9 Å². The molecule has 0 radical (unpaired) electrons. The number of carbonyl (C=O) groups is 1. The largest absolute Gasteiger partial charge is 0.504 e. The Labute approximate surface area is 124 Å². The van der Waals surface area contributed by atoms with Gasteiger partial charge in [0, 0.05) is 6.42 Å². The predicted octanol–water partition coefficient (Wildman–Crippen LogP) is 3.30. The van der Waals surface area contributed by atoms with Gasteiger partial charge in [-0.15, -0.1) is 13.2 Å². The lowest BCUT2D eigenvalue weighted by atomic mass is 10.2. The topological polar surface area (TPSA) is 66.8 Å². The van der Waals surface area contributed by atoms with Crippen LogP contribution >= 0.6 is 0 Å². The van der Waals surface area contributed by atoms with Crippen LogP contribution < -0.4 is 0 Å². The molecule has 2 aromatic rings. The number of benzene rings is 2. The summed E-state index contributed by atoms with van der Waals surface area (Å²) in [5.41, 5.74) is 1.19. The van der Waals surface area contributed by atoms with Crippen LogP contribution in [0, 0.1) is 0 Å². The zero-order valence-electron chi connectivity index (χ0n) is 11.8. The first kappa shape index (κ1) is 18.2. The average Bonchev–Trinajstić information content (AvgIpc) is 2.54. The van der Waals surface area contributed by atoms with Crippen molar-refractivity contribution in [3.63, 3.8) is 0 Å². The van der Waals surface area contributed by atoms with E-state index >= 15 is 0 Å². The molecule has 0 fully saturated rings. The lowest BCUT2D eigenvalue weighted by molar-refractivity contribution is -0.128. The summed E-state index contributed by atoms with van der Waals surface area (Å²) in [5.74, 6) is -0.153. The molecule has 2 aromatic carbocycles. The summed E-state index contributed by atoms with van der Waals surface area (Å²) in [4.78, 5) is 9.77. The SMILES string of the molecule is C=C.O=COCCc1ccccc1.Oc1ccccc1O. The Morgan fingerprint density at radius 1 is 0.905 bits per heavy atom. The summed E-state index contributed by atoms with van der Waals surface area (Å²) in [6.07, 6.45) is 0.791. The van der Waals surface area contributed by atoms with Crippen molar-refractivity contribution >= 4 is 6.47 Å². The van der Waals surface area contributed by atoms with Gasteiger partial charge in [-0.2, -0.15) is 0 Å². The first-order chi connectivity index (χ1) is 10.2. The molecule has 0 saturated heterocycles. The minimum absolute atomic E-state index is 0.0764. The molecule has 0 aliphatic heterocycles. The summed E-state index contributed by atoms with van der Waals surface area (Å²) in [7, 11) is 0. The minimum atomic E-state index is -0.0764. The van der Waals surface area contributed by atoms with E-state index in [1.54, 1.807) is 12.1 Å². The number of para-hydroxylation sites is 2. The van der Waals surface area contributed by atoms with E-state index in [9.17, 15) is 4.79 Å². The molecule has 0 spiro atoms.